The van der Waals surface area contributed by atoms with Gasteiger partial charge in [0.15, 0.2) is 5.82 Å². The molecule has 86 valence electrons. The zero-order valence-electron chi connectivity index (χ0n) is 9.45. The standard InChI is InChI=1S/C11H13ClN2OS/c1-4-8(12)10-13-11(15-14-10)9-5-6(2)7(3)16-9/h5,8H,4H2,1-3H3. The number of hydrogen-bond acceptors (Lipinski definition) is 4. The van der Waals surface area contributed by atoms with Crippen LogP contribution in [0.5, 0.6) is 0 Å². The van der Waals surface area contributed by atoms with Crippen molar-refractivity contribution in [3.8, 4) is 10.8 Å². The van der Waals surface area contributed by atoms with E-state index in [9.17, 15) is 0 Å². The van der Waals surface area contributed by atoms with Crippen LogP contribution < -0.4 is 0 Å². The number of aromatic nitrogens is 2. The molecule has 3 nitrogen and oxygen atoms in total. The number of alkyl halides is 1. The summed E-state index contributed by atoms with van der Waals surface area (Å²) in [6.45, 7) is 6.15. The zero-order chi connectivity index (χ0) is 11.7. The molecular weight excluding hydrogens is 244 g/mol. The van der Waals surface area contributed by atoms with E-state index in [0.717, 1.165) is 11.3 Å². The van der Waals surface area contributed by atoms with Crippen LogP contribution in [0.4, 0.5) is 0 Å². The lowest BCUT2D eigenvalue weighted by atomic mass is 10.3. The molecule has 2 heterocycles. The van der Waals surface area contributed by atoms with Gasteiger partial charge in [-0.2, -0.15) is 4.98 Å². The maximum atomic E-state index is 6.05. The summed E-state index contributed by atoms with van der Waals surface area (Å²) in [4.78, 5) is 6.59. The highest BCUT2D eigenvalue weighted by Crippen LogP contribution is 2.31. The molecule has 0 aromatic carbocycles. The summed E-state index contributed by atoms with van der Waals surface area (Å²) in [5.74, 6) is 1.14. The van der Waals surface area contributed by atoms with Gasteiger partial charge in [-0.3, -0.25) is 0 Å². The van der Waals surface area contributed by atoms with Gasteiger partial charge in [0, 0.05) is 4.88 Å². The Morgan fingerprint density at radius 1 is 1.50 bits per heavy atom. The second kappa shape index (κ2) is 4.55. The van der Waals surface area contributed by atoms with Gasteiger partial charge in [0.2, 0.25) is 0 Å². The molecule has 0 aliphatic carbocycles. The lowest BCUT2D eigenvalue weighted by Crippen LogP contribution is -1.90. The third-order valence-corrected chi connectivity index (χ3v) is 4.10. The van der Waals surface area contributed by atoms with Crippen molar-refractivity contribution in [2.24, 2.45) is 0 Å². The summed E-state index contributed by atoms with van der Waals surface area (Å²) >= 11 is 7.71. The van der Waals surface area contributed by atoms with Crippen LogP contribution in [-0.2, 0) is 0 Å². The van der Waals surface area contributed by atoms with E-state index in [0.29, 0.717) is 11.7 Å². The second-order valence-corrected chi connectivity index (χ2v) is 5.47. The molecule has 0 aliphatic rings. The van der Waals surface area contributed by atoms with Crippen molar-refractivity contribution < 1.29 is 4.52 Å². The summed E-state index contributed by atoms with van der Waals surface area (Å²) in [7, 11) is 0. The number of hydrogen-bond donors (Lipinski definition) is 0. The van der Waals surface area contributed by atoms with E-state index in [4.69, 9.17) is 16.1 Å². The first-order chi connectivity index (χ1) is 7.61. The summed E-state index contributed by atoms with van der Waals surface area (Å²) in [5.41, 5.74) is 1.25. The Morgan fingerprint density at radius 2 is 2.25 bits per heavy atom. The lowest BCUT2D eigenvalue weighted by molar-refractivity contribution is 0.422. The molecule has 1 atom stereocenters. The first-order valence-corrected chi connectivity index (χ1v) is 6.42. The number of aryl methyl sites for hydroxylation is 2. The first kappa shape index (κ1) is 11.6. The van der Waals surface area contributed by atoms with Crippen LogP contribution in [0.1, 0.15) is 35.0 Å². The van der Waals surface area contributed by atoms with Gasteiger partial charge in [0.1, 0.15) is 0 Å². The molecule has 5 heteroatoms. The molecule has 0 saturated carbocycles. The highest BCUT2D eigenvalue weighted by molar-refractivity contribution is 7.15. The normalized spacial score (nSPS) is 13.0. The topological polar surface area (TPSA) is 38.9 Å². The van der Waals surface area contributed by atoms with Crippen molar-refractivity contribution in [1.82, 2.24) is 10.1 Å². The SMILES string of the molecule is CCC(Cl)c1noc(-c2cc(C)c(C)s2)n1. The highest BCUT2D eigenvalue weighted by Gasteiger charge is 2.16. The Morgan fingerprint density at radius 3 is 2.81 bits per heavy atom. The van der Waals surface area contributed by atoms with E-state index in [2.05, 4.69) is 30.1 Å². The Hall–Kier alpha value is -0.870. The molecular formula is C11H13ClN2OS. The van der Waals surface area contributed by atoms with Crippen LogP contribution in [0.25, 0.3) is 10.8 Å². The van der Waals surface area contributed by atoms with Crippen LogP contribution in [0.2, 0.25) is 0 Å². The van der Waals surface area contributed by atoms with Gasteiger partial charge < -0.3 is 4.52 Å². The van der Waals surface area contributed by atoms with Gasteiger partial charge in [-0.05, 0) is 31.9 Å². The first-order valence-electron chi connectivity index (χ1n) is 5.17. The Balaban J connectivity index is 2.31. The summed E-state index contributed by atoms with van der Waals surface area (Å²) in [5, 5.41) is 3.72. The smallest absolute Gasteiger partial charge is 0.268 e. The third-order valence-electron chi connectivity index (χ3n) is 2.46. The van der Waals surface area contributed by atoms with Crippen LogP contribution in [0, 0.1) is 13.8 Å². The van der Waals surface area contributed by atoms with Crippen molar-refractivity contribution in [3.05, 3.63) is 22.3 Å². The van der Waals surface area contributed by atoms with Crippen LogP contribution >= 0.6 is 22.9 Å². The number of halogens is 1. The molecule has 0 saturated heterocycles. The number of rotatable bonds is 3. The molecule has 0 N–H and O–H groups in total. The maximum absolute atomic E-state index is 6.05. The molecule has 0 bridgehead atoms. The minimum atomic E-state index is -0.167. The Kier molecular flexibility index (Phi) is 3.30. The van der Waals surface area contributed by atoms with Gasteiger partial charge in [-0.25, -0.2) is 0 Å². The quantitative estimate of drug-likeness (QED) is 0.776. The largest absolute Gasteiger partial charge is 0.333 e. The number of thiophene rings is 1. The molecule has 0 spiro atoms. The van der Waals surface area contributed by atoms with E-state index in [-0.39, 0.29) is 5.38 Å². The number of nitrogens with zero attached hydrogens (tertiary/aromatic N) is 2. The highest BCUT2D eigenvalue weighted by atomic mass is 35.5. The second-order valence-electron chi connectivity index (χ2n) is 3.68. The van der Waals surface area contributed by atoms with Gasteiger partial charge in [0.05, 0.1) is 10.3 Å². The van der Waals surface area contributed by atoms with Crippen molar-refractivity contribution in [3.63, 3.8) is 0 Å². The van der Waals surface area contributed by atoms with Gasteiger partial charge >= 0.3 is 0 Å². The molecule has 0 amide bonds. The fourth-order valence-corrected chi connectivity index (χ4v) is 2.37. The van der Waals surface area contributed by atoms with Gasteiger partial charge in [-0.15, -0.1) is 22.9 Å². The molecule has 1 unspecified atom stereocenters. The fraction of sp³-hybridized carbons (Fsp3) is 0.455. The van der Waals surface area contributed by atoms with Crippen molar-refractivity contribution in [2.75, 3.05) is 0 Å². The minimum Gasteiger partial charge on any atom is -0.333 e. The monoisotopic (exact) mass is 256 g/mol. The van der Waals surface area contributed by atoms with E-state index in [1.165, 1.54) is 10.4 Å². The van der Waals surface area contributed by atoms with E-state index in [1.54, 1.807) is 11.3 Å². The molecule has 16 heavy (non-hydrogen) atoms. The summed E-state index contributed by atoms with van der Waals surface area (Å²) < 4.78 is 5.21. The summed E-state index contributed by atoms with van der Waals surface area (Å²) in [6, 6.07) is 2.06. The van der Waals surface area contributed by atoms with Crippen LogP contribution in [0.15, 0.2) is 10.6 Å². The zero-order valence-corrected chi connectivity index (χ0v) is 11.0. The molecule has 0 radical (unpaired) electrons. The van der Waals surface area contributed by atoms with Crippen molar-refractivity contribution in [1.29, 1.82) is 0 Å². The summed E-state index contributed by atoms with van der Waals surface area (Å²) in [6.07, 6.45) is 0.795. The van der Waals surface area contributed by atoms with Gasteiger partial charge in [0.25, 0.3) is 5.89 Å². The predicted octanol–water partition coefficient (Wildman–Crippen LogP) is 4.10. The molecule has 2 aromatic heterocycles. The van der Waals surface area contributed by atoms with Crippen LogP contribution in [0.3, 0.4) is 0 Å². The molecule has 2 rings (SSSR count). The lowest BCUT2D eigenvalue weighted by Gasteiger charge is -1.95. The molecule has 0 fully saturated rings. The minimum absolute atomic E-state index is 0.167. The van der Waals surface area contributed by atoms with Crippen LogP contribution in [-0.4, -0.2) is 10.1 Å². The average Bonchev–Trinajstić information content (AvgIpc) is 2.86. The maximum Gasteiger partial charge on any atom is 0.268 e. The molecule has 2 aromatic rings. The van der Waals surface area contributed by atoms with Crippen molar-refractivity contribution >= 4 is 22.9 Å². The van der Waals surface area contributed by atoms with Gasteiger partial charge in [-0.1, -0.05) is 12.1 Å². The Bertz CT molecular complexity index is 472. The van der Waals surface area contributed by atoms with E-state index >= 15 is 0 Å². The Labute approximate surface area is 103 Å². The predicted molar refractivity (Wildman–Crippen MR) is 66.0 cm³/mol. The molecule has 0 aliphatic heterocycles. The van der Waals surface area contributed by atoms with E-state index in [1.807, 2.05) is 6.92 Å². The van der Waals surface area contributed by atoms with E-state index < -0.39 is 0 Å². The van der Waals surface area contributed by atoms with Crippen molar-refractivity contribution in [2.45, 2.75) is 32.6 Å². The average molecular weight is 257 g/mol. The third kappa shape index (κ3) is 2.13. The fourth-order valence-electron chi connectivity index (χ4n) is 1.32.